The van der Waals surface area contributed by atoms with Gasteiger partial charge in [0.15, 0.2) is 5.60 Å². The van der Waals surface area contributed by atoms with Crippen LogP contribution in [-0.4, -0.2) is 47.6 Å². The first-order chi connectivity index (χ1) is 14.4. The fourth-order valence-electron chi connectivity index (χ4n) is 3.92. The van der Waals surface area contributed by atoms with Crippen LogP contribution in [0.2, 0.25) is 0 Å². The summed E-state index contributed by atoms with van der Waals surface area (Å²) in [6.45, 7) is 2.32. The number of benzene rings is 1. The highest BCUT2D eigenvalue weighted by Gasteiger charge is 2.56. The van der Waals surface area contributed by atoms with E-state index in [9.17, 15) is 22.7 Å². The van der Waals surface area contributed by atoms with Gasteiger partial charge in [-0.25, -0.2) is 4.39 Å². The fraction of sp³-hybridized carbons (Fsp3) is 0.409. The predicted molar refractivity (Wildman–Crippen MR) is 111 cm³/mol. The molecule has 2 heterocycles. The first-order valence-corrected chi connectivity index (χ1v) is 9.63. The number of nitrogens with zero attached hydrogens (tertiary/aromatic N) is 2. The number of H-pyrrole nitrogens is 1. The molecular weight excluding hydrogens is 414 g/mol. The highest BCUT2D eigenvalue weighted by Crippen LogP contribution is 2.44. The minimum Gasteiger partial charge on any atom is -0.496 e. The van der Waals surface area contributed by atoms with Crippen molar-refractivity contribution >= 4 is 16.7 Å². The molecule has 3 aromatic rings. The minimum absolute atomic E-state index is 0.247. The maximum Gasteiger partial charge on any atom is 0.418 e. The molecule has 0 aliphatic rings. The van der Waals surface area contributed by atoms with Gasteiger partial charge in [0, 0.05) is 30.4 Å². The second kappa shape index (κ2) is 8.03. The molecule has 0 radical (unpaired) electrons. The quantitative estimate of drug-likeness (QED) is 0.519. The molecule has 0 fully saturated rings. The van der Waals surface area contributed by atoms with Gasteiger partial charge in [0.05, 0.1) is 19.2 Å². The van der Waals surface area contributed by atoms with Crippen molar-refractivity contribution in [2.75, 3.05) is 25.6 Å². The number of halogens is 4. The summed E-state index contributed by atoms with van der Waals surface area (Å²) in [5.41, 5.74) is -3.35. The molecule has 0 aliphatic heterocycles. The number of hydrogen-bond donors (Lipinski definition) is 2. The second-order valence-corrected chi connectivity index (χ2v) is 8.41. The Kier molecular flexibility index (Phi) is 5.92. The third kappa shape index (κ3) is 4.61. The third-order valence-electron chi connectivity index (χ3n) is 5.47. The number of likely N-dealkylation sites (N-methyl/N-ethyl adjacent to an activating group) is 1. The van der Waals surface area contributed by atoms with Crippen LogP contribution in [0.25, 0.3) is 10.9 Å². The summed E-state index contributed by atoms with van der Waals surface area (Å²) in [6.07, 6.45) is -2.45. The van der Waals surface area contributed by atoms with E-state index in [2.05, 4.69) is 9.97 Å². The Bertz CT molecular complexity index is 1030. The molecule has 9 heteroatoms. The minimum atomic E-state index is -4.92. The smallest absolute Gasteiger partial charge is 0.418 e. The van der Waals surface area contributed by atoms with E-state index < -0.39 is 36.0 Å². The van der Waals surface area contributed by atoms with Crippen molar-refractivity contribution < 1.29 is 27.4 Å². The third-order valence-corrected chi connectivity index (χ3v) is 5.47. The SMILES string of the molecule is COc1ccc(F)cc1C(C)(C)CC(O)(CN(C)c1cc2cnccc2[nH]1)C(F)(F)F. The highest BCUT2D eigenvalue weighted by molar-refractivity contribution is 5.83. The largest absolute Gasteiger partial charge is 0.496 e. The van der Waals surface area contributed by atoms with Crippen LogP contribution in [0.5, 0.6) is 5.75 Å². The number of aromatic amines is 1. The molecule has 1 aromatic carbocycles. The lowest BCUT2D eigenvalue weighted by atomic mass is 9.74. The van der Waals surface area contributed by atoms with Crippen LogP contribution in [0.1, 0.15) is 25.8 Å². The summed E-state index contributed by atoms with van der Waals surface area (Å²) in [7, 11) is 2.83. The van der Waals surface area contributed by atoms with Crippen LogP contribution in [0.3, 0.4) is 0 Å². The summed E-state index contributed by atoms with van der Waals surface area (Å²) in [4.78, 5) is 8.33. The average Bonchev–Trinajstić information content (AvgIpc) is 3.11. The fourth-order valence-corrected chi connectivity index (χ4v) is 3.92. The molecule has 2 N–H and O–H groups in total. The molecule has 2 aromatic heterocycles. The maximum absolute atomic E-state index is 14.1. The number of pyridine rings is 1. The van der Waals surface area contributed by atoms with Crippen LogP contribution >= 0.6 is 0 Å². The molecular formula is C22H25F4N3O2. The molecule has 0 amide bonds. The Morgan fingerprint density at radius 3 is 2.48 bits per heavy atom. The van der Waals surface area contributed by atoms with E-state index in [1.54, 1.807) is 24.5 Å². The highest BCUT2D eigenvalue weighted by atomic mass is 19.4. The van der Waals surface area contributed by atoms with Gasteiger partial charge in [-0.3, -0.25) is 4.98 Å². The lowest BCUT2D eigenvalue weighted by molar-refractivity contribution is -0.262. The number of ether oxygens (including phenoxy) is 1. The van der Waals surface area contributed by atoms with Crippen LogP contribution in [0, 0.1) is 5.82 Å². The number of nitrogens with one attached hydrogen (secondary N) is 1. The van der Waals surface area contributed by atoms with Crippen molar-refractivity contribution in [3.63, 3.8) is 0 Å². The number of rotatable bonds is 7. The van der Waals surface area contributed by atoms with Crippen molar-refractivity contribution in [2.45, 2.75) is 37.5 Å². The second-order valence-electron chi connectivity index (χ2n) is 8.41. The molecule has 0 saturated carbocycles. The van der Waals surface area contributed by atoms with Gasteiger partial charge < -0.3 is 19.7 Å². The van der Waals surface area contributed by atoms with Crippen molar-refractivity contribution in [2.24, 2.45) is 0 Å². The molecule has 5 nitrogen and oxygen atoms in total. The molecule has 1 atom stereocenters. The van der Waals surface area contributed by atoms with Crippen LogP contribution < -0.4 is 9.64 Å². The number of alkyl halides is 3. The first kappa shape index (κ1) is 22.9. The van der Waals surface area contributed by atoms with E-state index in [0.29, 0.717) is 5.82 Å². The summed E-state index contributed by atoms with van der Waals surface area (Å²) in [6, 6.07) is 7.06. The molecule has 168 valence electrons. The Morgan fingerprint density at radius 2 is 1.87 bits per heavy atom. The van der Waals surface area contributed by atoms with Gasteiger partial charge >= 0.3 is 6.18 Å². The predicted octanol–water partition coefficient (Wildman–Crippen LogP) is 4.81. The molecule has 0 bridgehead atoms. The van der Waals surface area contributed by atoms with Crippen LogP contribution in [-0.2, 0) is 5.41 Å². The lowest BCUT2D eigenvalue weighted by Crippen LogP contribution is -2.55. The van der Waals surface area contributed by atoms with E-state index in [0.717, 1.165) is 17.0 Å². The Balaban J connectivity index is 1.94. The molecule has 3 rings (SSSR count). The molecule has 1 unspecified atom stereocenters. The summed E-state index contributed by atoms with van der Waals surface area (Å²) >= 11 is 0. The Morgan fingerprint density at radius 1 is 1.16 bits per heavy atom. The molecule has 31 heavy (non-hydrogen) atoms. The van der Waals surface area contributed by atoms with Gasteiger partial charge in [-0.2, -0.15) is 13.2 Å². The standard InChI is InChI=1S/C22H25F4N3O2/c1-20(2,16-10-15(23)5-6-18(16)31-4)12-21(30,22(24,25)26)13-29(3)19-9-14-11-27-8-7-17(14)28-19/h5-11,28,30H,12-13H2,1-4H3. The number of aliphatic hydroxyl groups is 1. The first-order valence-electron chi connectivity index (χ1n) is 9.63. The van der Waals surface area contributed by atoms with E-state index in [4.69, 9.17) is 4.74 Å². The topological polar surface area (TPSA) is 61.4 Å². The zero-order valence-corrected chi connectivity index (χ0v) is 17.7. The monoisotopic (exact) mass is 439 g/mol. The van der Waals surface area contributed by atoms with Crippen LogP contribution in [0.15, 0.2) is 42.7 Å². The Hall–Kier alpha value is -2.81. The van der Waals surface area contributed by atoms with Gasteiger partial charge in [0.25, 0.3) is 0 Å². The van der Waals surface area contributed by atoms with Crippen molar-refractivity contribution in [3.05, 3.63) is 54.1 Å². The summed E-state index contributed by atoms with van der Waals surface area (Å²) in [5, 5.41) is 11.6. The van der Waals surface area contributed by atoms with Gasteiger partial charge in [0.1, 0.15) is 17.4 Å². The molecule has 0 saturated heterocycles. The van der Waals surface area contributed by atoms with Gasteiger partial charge in [0.2, 0.25) is 0 Å². The number of methoxy groups -OCH3 is 1. The van der Waals surface area contributed by atoms with E-state index in [1.807, 2.05) is 0 Å². The van der Waals surface area contributed by atoms with Crippen LogP contribution in [0.4, 0.5) is 23.4 Å². The zero-order valence-electron chi connectivity index (χ0n) is 17.7. The number of fused-ring (bicyclic) bond motifs is 1. The lowest BCUT2D eigenvalue weighted by Gasteiger charge is -2.40. The summed E-state index contributed by atoms with van der Waals surface area (Å²) < 4.78 is 61.3. The van der Waals surface area contributed by atoms with E-state index in [-0.39, 0.29) is 11.3 Å². The average molecular weight is 439 g/mol. The van der Waals surface area contributed by atoms with E-state index >= 15 is 0 Å². The maximum atomic E-state index is 14.1. The van der Waals surface area contributed by atoms with Crippen molar-refractivity contribution in [3.8, 4) is 5.75 Å². The van der Waals surface area contributed by atoms with Gasteiger partial charge in [-0.05, 0) is 42.2 Å². The Labute approximate surface area is 177 Å². The van der Waals surface area contributed by atoms with Crippen molar-refractivity contribution in [1.29, 1.82) is 0 Å². The number of aromatic nitrogens is 2. The van der Waals surface area contributed by atoms with Gasteiger partial charge in [-0.15, -0.1) is 0 Å². The van der Waals surface area contributed by atoms with E-state index in [1.165, 1.54) is 45.0 Å². The zero-order chi connectivity index (χ0) is 23.0. The number of anilines is 1. The normalized spacial score (nSPS) is 14.5. The molecule has 0 spiro atoms. The number of hydrogen-bond acceptors (Lipinski definition) is 4. The molecule has 0 aliphatic carbocycles. The van der Waals surface area contributed by atoms with Crippen molar-refractivity contribution in [1.82, 2.24) is 9.97 Å². The summed E-state index contributed by atoms with van der Waals surface area (Å²) in [5.74, 6) is 0.0717. The van der Waals surface area contributed by atoms with Gasteiger partial charge in [-0.1, -0.05) is 13.8 Å².